The standard InChI is InChI=1S/C19H23NO/c1-12-9-14(3)16(10-13(12)2)19(20-4)18-11-15-7-5-6-8-17(15)21-18/h5-10,18-20H,11H2,1-4H3. The molecule has 1 N–H and O–H groups in total. The molecule has 0 bridgehead atoms. The molecule has 0 amide bonds. The number of likely N-dealkylation sites (N-methyl/N-ethyl adjacent to an activating group) is 1. The Morgan fingerprint density at radius 3 is 2.48 bits per heavy atom. The minimum absolute atomic E-state index is 0.160. The van der Waals surface area contributed by atoms with E-state index in [2.05, 4.69) is 56.4 Å². The van der Waals surface area contributed by atoms with Crippen LogP contribution in [0, 0.1) is 20.8 Å². The summed E-state index contributed by atoms with van der Waals surface area (Å²) in [6.45, 7) is 6.53. The molecule has 2 unspecified atom stereocenters. The number of fused-ring (bicyclic) bond motifs is 1. The second-order valence-corrected chi connectivity index (χ2v) is 6.03. The topological polar surface area (TPSA) is 21.3 Å². The predicted molar refractivity (Wildman–Crippen MR) is 87.0 cm³/mol. The molecule has 0 fully saturated rings. The van der Waals surface area contributed by atoms with Gasteiger partial charge in [0.25, 0.3) is 0 Å². The molecule has 2 nitrogen and oxygen atoms in total. The maximum Gasteiger partial charge on any atom is 0.123 e. The van der Waals surface area contributed by atoms with Crippen molar-refractivity contribution in [1.82, 2.24) is 5.32 Å². The highest BCUT2D eigenvalue weighted by Crippen LogP contribution is 2.35. The summed E-state index contributed by atoms with van der Waals surface area (Å²) >= 11 is 0. The zero-order chi connectivity index (χ0) is 15.0. The van der Waals surface area contributed by atoms with Gasteiger partial charge in [0, 0.05) is 6.42 Å². The SMILES string of the molecule is CNC(c1cc(C)c(C)cc1C)C1Cc2ccccc2O1. The van der Waals surface area contributed by atoms with E-state index in [1.807, 2.05) is 13.1 Å². The van der Waals surface area contributed by atoms with Gasteiger partial charge in [0.2, 0.25) is 0 Å². The summed E-state index contributed by atoms with van der Waals surface area (Å²) in [5.74, 6) is 1.03. The minimum Gasteiger partial charge on any atom is -0.488 e. The van der Waals surface area contributed by atoms with Crippen molar-refractivity contribution < 1.29 is 4.74 Å². The van der Waals surface area contributed by atoms with E-state index >= 15 is 0 Å². The molecule has 1 heterocycles. The molecular weight excluding hydrogens is 258 g/mol. The largest absolute Gasteiger partial charge is 0.488 e. The van der Waals surface area contributed by atoms with Crippen molar-refractivity contribution in [2.45, 2.75) is 39.3 Å². The third-order valence-corrected chi connectivity index (χ3v) is 4.57. The highest BCUT2D eigenvalue weighted by atomic mass is 16.5. The van der Waals surface area contributed by atoms with Crippen molar-refractivity contribution in [3.8, 4) is 5.75 Å². The average Bonchev–Trinajstić information content (AvgIpc) is 2.88. The first-order valence-electron chi connectivity index (χ1n) is 7.59. The second-order valence-electron chi connectivity index (χ2n) is 6.03. The molecule has 0 radical (unpaired) electrons. The number of nitrogens with one attached hydrogen (secondary N) is 1. The molecule has 2 atom stereocenters. The van der Waals surface area contributed by atoms with Gasteiger partial charge in [-0.05, 0) is 61.7 Å². The van der Waals surface area contributed by atoms with E-state index in [0.717, 1.165) is 12.2 Å². The van der Waals surface area contributed by atoms with Crippen LogP contribution in [0.5, 0.6) is 5.75 Å². The molecule has 21 heavy (non-hydrogen) atoms. The van der Waals surface area contributed by atoms with Gasteiger partial charge < -0.3 is 10.1 Å². The van der Waals surface area contributed by atoms with Crippen LogP contribution in [0.3, 0.4) is 0 Å². The summed E-state index contributed by atoms with van der Waals surface area (Å²) in [5, 5.41) is 3.46. The van der Waals surface area contributed by atoms with E-state index < -0.39 is 0 Å². The highest BCUT2D eigenvalue weighted by Gasteiger charge is 2.31. The Hall–Kier alpha value is -1.80. The second kappa shape index (κ2) is 5.53. The normalized spacial score (nSPS) is 18.2. The fraction of sp³-hybridized carbons (Fsp3) is 0.368. The maximum atomic E-state index is 6.18. The number of rotatable bonds is 3. The minimum atomic E-state index is 0.160. The average molecular weight is 281 g/mol. The van der Waals surface area contributed by atoms with Gasteiger partial charge >= 0.3 is 0 Å². The monoisotopic (exact) mass is 281 g/mol. The first-order chi connectivity index (χ1) is 10.1. The van der Waals surface area contributed by atoms with Crippen LogP contribution in [0.15, 0.2) is 36.4 Å². The van der Waals surface area contributed by atoms with E-state index in [9.17, 15) is 0 Å². The van der Waals surface area contributed by atoms with Crippen molar-refractivity contribution in [3.05, 3.63) is 64.2 Å². The summed E-state index contributed by atoms with van der Waals surface area (Å²) in [7, 11) is 2.02. The molecule has 1 aliphatic heterocycles. The molecule has 110 valence electrons. The summed E-state index contributed by atoms with van der Waals surface area (Å²) in [4.78, 5) is 0. The summed E-state index contributed by atoms with van der Waals surface area (Å²) < 4.78 is 6.18. The van der Waals surface area contributed by atoms with Gasteiger partial charge in [0.15, 0.2) is 0 Å². The van der Waals surface area contributed by atoms with Gasteiger partial charge in [-0.25, -0.2) is 0 Å². The maximum absolute atomic E-state index is 6.18. The fourth-order valence-corrected chi connectivity index (χ4v) is 3.25. The summed E-state index contributed by atoms with van der Waals surface area (Å²) in [5.41, 5.74) is 6.67. The summed E-state index contributed by atoms with van der Waals surface area (Å²) in [6, 6.07) is 13.1. The predicted octanol–water partition coefficient (Wildman–Crippen LogP) is 3.88. The van der Waals surface area contributed by atoms with Crippen molar-refractivity contribution in [3.63, 3.8) is 0 Å². The van der Waals surface area contributed by atoms with Crippen LogP contribution in [0.2, 0.25) is 0 Å². The molecule has 2 aromatic carbocycles. The third-order valence-electron chi connectivity index (χ3n) is 4.57. The Labute approximate surface area is 127 Å². The van der Waals surface area contributed by atoms with Gasteiger partial charge in [-0.15, -0.1) is 0 Å². The quantitative estimate of drug-likeness (QED) is 0.922. The van der Waals surface area contributed by atoms with Gasteiger partial charge in [0.1, 0.15) is 11.9 Å². The van der Waals surface area contributed by atoms with E-state index in [4.69, 9.17) is 4.74 Å². The molecule has 1 aliphatic rings. The Balaban J connectivity index is 1.92. The zero-order valence-corrected chi connectivity index (χ0v) is 13.2. The van der Waals surface area contributed by atoms with Crippen LogP contribution < -0.4 is 10.1 Å². The van der Waals surface area contributed by atoms with Crippen molar-refractivity contribution in [2.24, 2.45) is 0 Å². The molecule has 0 saturated heterocycles. The fourth-order valence-electron chi connectivity index (χ4n) is 3.25. The molecule has 0 spiro atoms. The van der Waals surface area contributed by atoms with Gasteiger partial charge in [-0.3, -0.25) is 0 Å². The lowest BCUT2D eigenvalue weighted by Gasteiger charge is -2.25. The number of benzene rings is 2. The number of para-hydroxylation sites is 1. The number of hydrogen-bond acceptors (Lipinski definition) is 2. The van der Waals surface area contributed by atoms with E-state index in [0.29, 0.717) is 0 Å². The number of aryl methyl sites for hydroxylation is 3. The van der Waals surface area contributed by atoms with Crippen LogP contribution >= 0.6 is 0 Å². The molecule has 2 aromatic rings. The molecule has 0 aliphatic carbocycles. The van der Waals surface area contributed by atoms with E-state index in [-0.39, 0.29) is 12.1 Å². The smallest absolute Gasteiger partial charge is 0.123 e. The Bertz CT molecular complexity index is 638. The van der Waals surface area contributed by atoms with Crippen LogP contribution in [0.4, 0.5) is 0 Å². The molecule has 3 rings (SSSR count). The lowest BCUT2D eigenvalue weighted by atomic mass is 9.91. The van der Waals surface area contributed by atoms with E-state index in [1.54, 1.807) is 0 Å². The number of hydrogen-bond donors (Lipinski definition) is 1. The van der Waals surface area contributed by atoms with Crippen molar-refractivity contribution in [2.75, 3.05) is 7.05 Å². The molecular formula is C19H23NO. The van der Waals surface area contributed by atoms with Crippen molar-refractivity contribution >= 4 is 0 Å². The highest BCUT2D eigenvalue weighted by molar-refractivity contribution is 5.42. The Kier molecular flexibility index (Phi) is 3.73. The third kappa shape index (κ3) is 2.56. The Morgan fingerprint density at radius 2 is 1.76 bits per heavy atom. The molecule has 0 saturated carbocycles. The van der Waals surface area contributed by atoms with Gasteiger partial charge in [0.05, 0.1) is 6.04 Å². The zero-order valence-electron chi connectivity index (χ0n) is 13.2. The Morgan fingerprint density at radius 1 is 1.05 bits per heavy atom. The van der Waals surface area contributed by atoms with Gasteiger partial charge in [-0.1, -0.05) is 30.3 Å². The van der Waals surface area contributed by atoms with Crippen LogP contribution in [-0.4, -0.2) is 13.2 Å². The van der Waals surface area contributed by atoms with Crippen LogP contribution in [0.1, 0.15) is 33.9 Å². The van der Waals surface area contributed by atoms with Crippen LogP contribution in [-0.2, 0) is 6.42 Å². The van der Waals surface area contributed by atoms with Crippen LogP contribution in [0.25, 0.3) is 0 Å². The number of ether oxygens (including phenoxy) is 1. The first-order valence-corrected chi connectivity index (χ1v) is 7.59. The van der Waals surface area contributed by atoms with Gasteiger partial charge in [-0.2, -0.15) is 0 Å². The lowest BCUT2D eigenvalue weighted by Crippen LogP contribution is -2.33. The van der Waals surface area contributed by atoms with Crippen molar-refractivity contribution in [1.29, 1.82) is 0 Å². The summed E-state index contributed by atoms with van der Waals surface area (Å²) in [6.07, 6.45) is 1.13. The first kappa shape index (κ1) is 14.2. The van der Waals surface area contributed by atoms with E-state index in [1.165, 1.54) is 27.8 Å². The molecule has 2 heteroatoms. The molecule has 0 aromatic heterocycles. The lowest BCUT2D eigenvalue weighted by molar-refractivity contribution is 0.183.